The van der Waals surface area contributed by atoms with Crippen molar-refractivity contribution in [2.75, 3.05) is 0 Å². The summed E-state index contributed by atoms with van der Waals surface area (Å²) in [6.07, 6.45) is 6.53. The molecule has 0 radical (unpaired) electrons. The third-order valence-electron chi connectivity index (χ3n) is 22.9. The van der Waals surface area contributed by atoms with Crippen molar-refractivity contribution >= 4 is 21.5 Å². The monoisotopic (exact) mass is 1950 g/mol. The first kappa shape index (κ1) is 129. The molecule has 0 saturated carbocycles. The number of fused-ring (bicyclic) bond motifs is 22. The van der Waals surface area contributed by atoms with Gasteiger partial charge in [0.25, 0.3) is 0 Å². The Morgan fingerprint density at radius 3 is 0.497 bits per heavy atom. The van der Waals surface area contributed by atoms with E-state index in [1.165, 1.54) is 161 Å². The molecule has 147 heavy (non-hydrogen) atoms. The lowest BCUT2D eigenvalue weighted by Gasteiger charge is -2.08. The summed E-state index contributed by atoms with van der Waals surface area (Å²) < 4.78 is 0. The van der Waals surface area contributed by atoms with E-state index in [0.29, 0.717) is 0 Å². The van der Waals surface area contributed by atoms with Gasteiger partial charge in [-0.2, -0.15) is 0 Å². The van der Waals surface area contributed by atoms with Crippen LogP contribution >= 0.6 is 0 Å². The van der Waals surface area contributed by atoms with Crippen LogP contribution in [-0.2, 0) is 38.5 Å². The highest BCUT2D eigenvalue weighted by Crippen LogP contribution is 2.50. The second-order valence-corrected chi connectivity index (χ2v) is 31.0. The number of aryl methyl sites for hydroxylation is 3. The average molecular weight is 1950 g/mol. The lowest BCUT2D eigenvalue weighted by Crippen LogP contribution is -1.90. The maximum atomic E-state index is 2.43. The zero-order valence-corrected chi connectivity index (χ0v) is 96.2. The standard InChI is InChI=1S/C24H16.2C20H14.C12H10.C10H8.3C7H8.2C6H6.14C2H6/c1-2-6-16-12-22-18(11-15(16)5-1)14-24-21(22)10-9-20-19-8-4-3-7-17(19)13-23(20)24;1-3-7-17-13(5-1)9-15-11-20-16(12-19(15)17)10-14-6-2-4-8-18(14)20;1-3-7-15-13(5-1)11-19-17(15)9-10-18-16-8-4-2-6-14(16)12-20(18)19;1-3-7-11(8-4-1)12-9-5-2-6-10-12;1-2-6-10-8-4-3-7-9(10)5-1;3*1-7-5-3-2-4-6-7;2*1-2-4-6-5-3-1;14*1-2/h1-12H,13-14H2;1-8,11-12H,9-10H2;1-10H,11-12H2;1-10H;1-8H;3*2-6H,1H3;2*1-6H;14*1-2H3. The fourth-order valence-electron chi connectivity index (χ4n) is 17.0. The topological polar surface area (TPSA) is 0 Å². The average Bonchev–Trinajstić information content (AvgIpc) is 1.52. The van der Waals surface area contributed by atoms with E-state index >= 15 is 0 Å². The summed E-state index contributed by atoms with van der Waals surface area (Å²) in [5, 5.41) is 5.31. The first-order valence-corrected chi connectivity index (χ1v) is 55.8. The highest BCUT2D eigenvalue weighted by molar-refractivity contribution is 5.95. The molecular formula is C147H182. The SMILES string of the molecule is CC.CC.CC.CC.CC.CC.CC.CC.CC.CC.CC.CC.CC.CC.Cc1ccccc1.Cc1ccccc1.Cc1ccccc1.c1ccc(-c2ccccc2)cc1.c1ccc2c(c1)Cc1c-2ccc2c1Cc1cc3ccccc3cc1-2.c1ccc2c(c1)Cc1c-2ccc2c1Cc1ccccc1-2.c1ccc2c(c1)Cc1cc3c(cc1-2)Cc1ccccc1-3.c1ccc2ccccc2c1.c1ccccc1.c1ccccc1. The smallest absolute Gasteiger partial charge is 0.00102 e. The van der Waals surface area contributed by atoms with E-state index < -0.39 is 0 Å². The fraction of sp³-hybridized carbons (Fsp3) is 0.252. The highest BCUT2D eigenvalue weighted by atomic mass is 14.3. The van der Waals surface area contributed by atoms with Gasteiger partial charge in [-0.05, 0) is 244 Å². The Hall–Kier alpha value is -14.3. The van der Waals surface area contributed by atoms with Crippen molar-refractivity contribution in [2.45, 2.75) is 253 Å². The molecular weight excluding hydrogens is 1770 g/mol. The van der Waals surface area contributed by atoms with Gasteiger partial charge in [0.05, 0.1) is 0 Å². The molecule has 0 aliphatic heterocycles. The lowest BCUT2D eigenvalue weighted by molar-refractivity contribution is 1.16. The van der Waals surface area contributed by atoms with E-state index in [2.05, 4.69) is 348 Å². The molecule has 0 heterocycles. The Morgan fingerprint density at radius 1 is 0.109 bits per heavy atom. The normalized spacial score (nSPS) is 9.84. The van der Waals surface area contributed by atoms with Crippen LogP contribution in [0.2, 0.25) is 0 Å². The third-order valence-corrected chi connectivity index (χ3v) is 22.9. The molecule has 0 saturated heterocycles. The van der Waals surface area contributed by atoms with Crippen molar-refractivity contribution in [2.24, 2.45) is 0 Å². The molecule has 0 N–H and O–H groups in total. The highest BCUT2D eigenvalue weighted by Gasteiger charge is 2.30. The molecule has 0 unspecified atom stereocenters. The number of hydrogen-bond donors (Lipinski definition) is 0. The first-order chi connectivity index (χ1) is 72.8. The van der Waals surface area contributed by atoms with Crippen molar-refractivity contribution < 1.29 is 0 Å². The van der Waals surface area contributed by atoms with Crippen LogP contribution in [-0.4, -0.2) is 0 Å². The predicted octanol–water partition coefficient (Wildman–Crippen LogP) is 45.6. The van der Waals surface area contributed by atoms with E-state index in [0.717, 1.165) is 38.5 Å². The van der Waals surface area contributed by atoms with Crippen LogP contribution in [0.15, 0.2) is 467 Å². The number of hydrogen-bond acceptors (Lipinski definition) is 0. The molecule has 0 fully saturated rings. The molecule has 0 aromatic heterocycles. The van der Waals surface area contributed by atoms with E-state index in [1.807, 2.05) is 333 Å². The minimum absolute atomic E-state index is 1.08. The van der Waals surface area contributed by atoms with Gasteiger partial charge < -0.3 is 0 Å². The maximum Gasteiger partial charge on any atom is -0.00102 e. The van der Waals surface area contributed by atoms with Gasteiger partial charge in [0.15, 0.2) is 0 Å². The van der Waals surface area contributed by atoms with Crippen molar-refractivity contribution in [1.29, 1.82) is 0 Å². The fourth-order valence-corrected chi connectivity index (χ4v) is 17.0. The van der Waals surface area contributed by atoms with Gasteiger partial charge in [-0.1, -0.05) is 659 Å². The Labute approximate surface area is 896 Å². The Balaban J connectivity index is 0.000000554. The van der Waals surface area contributed by atoms with Gasteiger partial charge in [-0.3, -0.25) is 0 Å². The molecule has 0 nitrogen and oxygen atoms in total. The van der Waals surface area contributed by atoms with E-state index in [-0.39, 0.29) is 0 Å². The van der Waals surface area contributed by atoms with Gasteiger partial charge in [0, 0.05) is 0 Å². The molecule has 19 aromatic rings. The summed E-state index contributed by atoms with van der Waals surface area (Å²) in [7, 11) is 0. The summed E-state index contributed by atoms with van der Waals surface area (Å²) >= 11 is 0. The van der Waals surface area contributed by atoms with Gasteiger partial charge in [0.2, 0.25) is 0 Å². The Morgan fingerprint density at radius 2 is 0.265 bits per heavy atom. The zero-order chi connectivity index (χ0) is 109. The summed E-state index contributed by atoms with van der Waals surface area (Å²) in [6.45, 7) is 62.3. The summed E-state index contributed by atoms with van der Waals surface area (Å²) in [5.41, 5.74) is 41.8. The van der Waals surface area contributed by atoms with Crippen LogP contribution < -0.4 is 0 Å². The molecule has 0 heteroatoms. The molecule has 6 aliphatic carbocycles. The van der Waals surface area contributed by atoms with Crippen molar-refractivity contribution in [3.8, 4) is 77.9 Å². The van der Waals surface area contributed by atoms with E-state index in [9.17, 15) is 0 Å². The molecule has 0 atom stereocenters. The van der Waals surface area contributed by atoms with Gasteiger partial charge >= 0.3 is 0 Å². The number of benzene rings is 19. The van der Waals surface area contributed by atoms with Crippen molar-refractivity contribution in [3.05, 3.63) is 551 Å². The second kappa shape index (κ2) is 80.0. The van der Waals surface area contributed by atoms with Gasteiger partial charge in [-0.25, -0.2) is 0 Å². The molecule has 0 bridgehead atoms. The summed E-state index contributed by atoms with van der Waals surface area (Å²) in [6, 6.07) is 164. The number of rotatable bonds is 1. The Bertz CT molecular complexity index is 6080. The Kier molecular flexibility index (Phi) is 70.1. The molecule has 25 rings (SSSR count). The van der Waals surface area contributed by atoms with Crippen LogP contribution in [0.4, 0.5) is 0 Å². The van der Waals surface area contributed by atoms with Gasteiger partial charge in [-0.15, -0.1) is 0 Å². The predicted molar refractivity (Wildman–Crippen MR) is 667 cm³/mol. The zero-order valence-electron chi connectivity index (χ0n) is 96.2. The quantitative estimate of drug-likeness (QED) is 0.154. The van der Waals surface area contributed by atoms with Crippen LogP contribution in [0.3, 0.4) is 0 Å². The minimum atomic E-state index is 1.08. The van der Waals surface area contributed by atoms with Crippen LogP contribution in [0.5, 0.6) is 0 Å². The molecule has 6 aliphatic rings. The summed E-state index contributed by atoms with van der Waals surface area (Å²) in [5.74, 6) is 0. The molecule has 770 valence electrons. The summed E-state index contributed by atoms with van der Waals surface area (Å²) in [4.78, 5) is 0. The van der Waals surface area contributed by atoms with E-state index in [1.54, 1.807) is 22.3 Å². The van der Waals surface area contributed by atoms with Crippen LogP contribution in [0.1, 0.15) is 277 Å². The molecule has 0 spiro atoms. The van der Waals surface area contributed by atoms with Crippen molar-refractivity contribution in [1.82, 2.24) is 0 Å². The first-order valence-electron chi connectivity index (χ1n) is 55.8. The minimum Gasteiger partial charge on any atom is -0.0683 e. The van der Waals surface area contributed by atoms with Gasteiger partial charge in [0.1, 0.15) is 0 Å². The largest absolute Gasteiger partial charge is 0.0683 e. The van der Waals surface area contributed by atoms with Crippen LogP contribution in [0.25, 0.3) is 99.4 Å². The molecule has 0 amide bonds. The lowest BCUT2D eigenvalue weighted by atomic mass is 9.96. The molecule has 19 aromatic carbocycles. The second-order valence-electron chi connectivity index (χ2n) is 31.0. The van der Waals surface area contributed by atoms with Crippen LogP contribution in [0, 0.1) is 20.8 Å². The third kappa shape index (κ3) is 39.9. The maximum absolute atomic E-state index is 2.43. The van der Waals surface area contributed by atoms with E-state index in [4.69, 9.17) is 0 Å². The van der Waals surface area contributed by atoms with Crippen molar-refractivity contribution in [3.63, 3.8) is 0 Å².